The van der Waals surface area contributed by atoms with Crippen LogP contribution in [0.25, 0.3) is 0 Å². The number of nitrogens with zero attached hydrogens (tertiary/aromatic N) is 3. The van der Waals surface area contributed by atoms with Gasteiger partial charge in [-0.25, -0.2) is 0 Å². The summed E-state index contributed by atoms with van der Waals surface area (Å²) in [7, 11) is 4.05. The second kappa shape index (κ2) is 11.0. The first kappa shape index (κ1) is 18.7. The minimum Gasteiger partial charge on any atom is -0.356 e. The number of benzene rings is 1. The first-order chi connectivity index (χ1) is 11.8. The average Bonchev–Trinajstić information content (AvgIpc) is 2.82. The van der Waals surface area contributed by atoms with Crippen molar-refractivity contribution in [2.75, 3.05) is 59.9 Å². The van der Waals surface area contributed by atoms with E-state index in [1.807, 2.05) is 7.05 Å². The molecule has 1 fully saturated rings. The zero-order chi connectivity index (χ0) is 17.0. The predicted octanol–water partition coefficient (Wildman–Crippen LogP) is 1.42. The van der Waals surface area contributed by atoms with Crippen LogP contribution in [0.1, 0.15) is 18.4 Å². The van der Waals surface area contributed by atoms with Gasteiger partial charge < -0.3 is 20.4 Å². The Kier molecular flexibility index (Phi) is 8.63. The maximum absolute atomic E-state index is 4.31. The van der Waals surface area contributed by atoms with Crippen molar-refractivity contribution in [3.05, 3.63) is 35.9 Å². The van der Waals surface area contributed by atoms with E-state index in [0.717, 1.165) is 38.4 Å². The molecule has 1 saturated heterocycles. The fourth-order valence-electron chi connectivity index (χ4n) is 3.02. The summed E-state index contributed by atoms with van der Waals surface area (Å²) in [6, 6.07) is 10.6. The molecule has 1 aliphatic heterocycles. The van der Waals surface area contributed by atoms with E-state index in [-0.39, 0.29) is 0 Å². The smallest absolute Gasteiger partial charge is 0.191 e. The molecular formula is C19H33N5. The van der Waals surface area contributed by atoms with Crippen LogP contribution in [0.5, 0.6) is 0 Å². The monoisotopic (exact) mass is 331 g/mol. The summed E-state index contributed by atoms with van der Waals surface area (Å²) >= 11 is 0. The number of likely N-dealkylation sites (N-methyl/N-ethyl adjacent to an activating group) is 1. The van der Waals surface area contributed by atoms with Gasteiger partial charge in [0.15, 0.2) is 5.96 Å². The number of guanidine groups is 1. The Hall–Kier alpha value is -1.59. The molecule has 1 aromatic rings. The van der Waals surface area contributed by atoms with Crippen LogP contribution in [0.15, 0.2) is 35.3 Å². The molecule has 0 radical (unpaired) electrons. The minimum atomic E-state index is 0.912. The van der Waals surface area contributed by atoms with Crippen molar-refractivity contribution in [1.29, 1.82) is 0 Å². The van der Waals surface area contributed by atoms with Gasteiger partial charge in [0.1, 0.15) is 0 Å². The third-order valence-corrected chi connectivity index (χ3v) is 4.53. The Morgan fingerprint density at radius 1 is 1.04 bits per heavy atom. The average molecular weight is 332 g/mol. The zero-order valence-electron chi connectivity index (χ0n) is 15.3. The highest BCUT2D eigenvalue weighted by molar-refractivity contribution is 5.79. The number of hydrogen-bond donors (Lipinski definition) is 2. The Labute approximate surface area is 147 Å². The van der Waals surface area contributed by atoms with Crippen LogP contribution in [0.4, 0.5) is 0 Å². The quantitative estimate of drug-likeness (QED) is 0.451. The maximum Gasteiger partial charge on any atom is 0.191 e. The molecule has 0 spiro atoms. The lowest BCUT2D eigenvalue weighted by Crippen LogP contribution is -2.42. The van der Waals surface area contributed by atoms with Gasteiger partial charge in [-0.15, -0.1) is 0 Å². The molecule has 1 heterocycles. The van der Waals surface area contributed by atoms with Gasteiger partial charge in [-0.3, -0.25) is 4.99 Å². The van der Waals surface area contributed by atoms with Gasteiger partial charge in [-0.2, -0.15) is 0 Å². The standard InChI is InChI=1S/C19H33N5/c1-20-19(21-11-6-10-18-8-4-3-5-9-18)22-12-15-24-14-7-13-23(2)16-17-24/h3-5,8-9H,6-7,10-17H2,1-2H3,(H2,20,21,22). The molecule has 0 atom stereocenters. The number of aliphatic imine (C=N–C) groups is 1. The molecule has 1 aliphatic rings. The van der Waals surface area contributed by atoms with Crippen LogP contribution >= 0.6 is 0 Å². The summed E-state index contributed by atoms with van der Waals surface area (Å²) < 4.78 is 0. The molecule has 5 heteroatoms. The highest BCUT2D eigenvalue weighted by atomic mass is 15.2. The van der Waals surface area contributed by atoms with E-state index in [4.69, 9.17) is 0 Å². The van der Waals surface area contributed by atoms with Crippen molar-refractivity contribution in [3.63, 3.8) is 0 Å². The summed E-state index contributed by atoms with van der Waals surface area (Å²) in [5.74, 6) is 0.912. The van der Waals surface area contributed by atoms with Crippen LogP contribution in [0.2, 0.25) is 0 Å². The van der Waals surface area contributed by atoms with Gasteiger partial charge in [0, 0.05) is 39.8 Å². The number of hydrogen-bond acceptors (Lipinski definition) is 3. The van der Waals surface area contributed by atoms with E-state index in [1.165, 1.54) is 38.2 Å². The van der Waals surface area contributed by atoms with Crippen LogP contribution in [0.3, 0.4) is 0 Å². The predicted molar refractivity (Wildman–Crippen MR) is 103 cm³/mol. The van der Waals surface area contributed by atoms with Crippen LogP contribution < -0.4 is 10.6 Å². The molecule has 0 unspecified atom stereocenters. The lowest BCUT2D eigenvalue weighted by molar-refractivity contribution is 0.280. The molecule has 5 nitrogen and oxygen atoms in total. The molecule has 0 amide bonds. The highest BCUT2D eigenvalue weighted by Crippen LogP contribution is 2.01. The SMILES string of the molecule is CN=C(NCCCc1ccccc1)NCCN1CCCN(C)CC1. The minimum absolute atomic E-state index is 0.912. The first-order valence-corrected chi connectivity index (χ1v) is 9.17. The first-order valence-electron chi connectivity index (χ1n) is 9.17. The molecule has 0 aliphatic carbocycles. The Morgan fingerprint density at radius 3 is 2.62 bits per heavy atom. The summed E-state index contributed by atoms with van der Waals surface area (Å²) in [5, 5.41) is 6.84. The van der Waals surface area contributed by atoms with E-state index in [1.54, 1.807) is 0 Å². The fraction of sp³-hybridized carbons (Fsp3) is 0.632. The van der Waals surface area contributed by atoms with E-state index in [0.29, 0.717) is 0 Å². The largest absolute Gasteiger partial charge is 0.356 e. The summed E-state index contributed by atoms with van der Waals surface area (Å²) in [4.78, 5) is 9.27. The Morgan fingerprint density at radius 2 is 1.83 bits per heavy atom. The molecular weight excluding hydrogens is 298 g/mol. The van der Waals surface area contributed by atoms with Crippen molar-refractivity contribution < 1.29 is 0 Å². The van der Waals surface area contributed by atoms with Crippen LogP contribution in [0, 0.1) is 0 Å². The second-order valence-corrected chi connectivity index (χ2v) is 6.51. The lowest BCUT2D eigenvalue weighted by Gasteiger charge is -2.21. The van der Waals surface area contributed by atoms with Crippen LogP contribution in [-0.4, -0.2) is 75.7 Å². The van der Waals surface area contributed by atoms with Crippen molar-refractivity contribution in [1.82, 2.24) is 20.4 Å². The summed E-state index contributed by atoms with van der Waals surface area (Å²) in [6.45, 7) is 7.74. The third kappa shape index (κ3) is 7.32. The van der Waals surface area contributed by atoms with Gasteiger partial charge in [-0.1, -0.05) is 30.3 Å². The zero-order valence-corrected chi connectivity index (χ0v) is 15.3. The summed E-state index contributed by atoms with van der Waals surface area (Å²) in [6.07, 6.45) is 3.48. The van der Waals surface area contributed by atoms with Gasteiger partial charge in [0.05, 0.1) is 0 Å². The van der Waals surface area contributed by atoms with Gasteiger partial charge in [-0.05, 0) is 45.0 Å². The van der Waals surface area contributed by atoms with Crippen molar-refractivity contribution in [2.24, 2.45) is 4.99 Å². The Balaban J connectivity index is 1.57. The van der Waals surface area contributed by atoms with Gasteiger partial charge >= 0.3 is 0 Å². The highest BCUT2D eigenvalue weighted by Gasteiger charge is 2.11. The number of nitrogens with one attached hydrogen (secondary N) is 2. The van der Waals surface area contributed by atoms with Crippen molar-refractivity contribution >= 4 is 5.96 Å². The third-order valence-electron chi connectivity index (χ3n) is 4.53. The second-order valence-electron chi connectivity index (χ2n) is 6.51. The maximum atomic E-state index is 4.31. The van der Waals surface area contributed by atoms with Crippen molar-refractivity contribution in [2.45, 2.75) is 19.3 Å². The van der Waals surface area contributed by atoms with Crippen molar-refractivity contribution in [3.8, 4) is 0 Å². The summed E-state index contributed by atoms with van der Waals surface area (Å²) in [5.41, 5.74) is 1.40. The van der Waals surface area contributed by atoms with E-state index < -0.39 is 0 Å². The topological polar surface area (TPSA) is 42.9 Å². The van der Waals surface area contributed by atoms with Gasteiger partial charge in [0.25, 0.3) is 0 Å². The van der Waals surface area contributed by atoms with Crippen LogP contribution in [-0.2, 0) is 6.42 Å². The normalized spacial score (nSPS) is 17.5. The Bertz CT molecular complexity index is 474. The molecule has 0 saturated carbocycles. The number of aryl methyl sites for hydroxylation is 1. The van der Waals surface area contributed by atoms with E-state index in [2.05, 4.69) is 62.8 Å². The molecule has 2 rings (SSSR count). The fourth-order valence-corrected chi connectivity index (χ4v) is 3.02. The molecule has 24 heavy (non-hydrogen) atoms. The van der Waals surface area contributed by atoms with E-state index >= 15 is 0 Å². The molecule has 0 bridgehead atoms. The van der Waals surface area contributed by atoms with E-state index in [9.17, 15) is 0 Å². The molecule has 1 aromatic carbocycles. The lowest BCUT2D eigenvalue weighted by atomic mass is 10.1. The number of rotatable bonds is 7. The molecule has 134 valence electrons. The van der Waals surface area contributed by atoms with Gasteiger partial charge in [0.2, 0.25) is 0 Å². The molecule has 0 aromatic heterocycles. The molecule has 2 N–H and O–H groups in total.